The van der Waals surface area contributed by atoms with E-state index in [1.807, 2.05) is 0 Å². The van der Waals surface area contributed by atoms with Crippen molar-refractivity contribution in [3.05, 3.63) is 9.28 Å². The highest BCUT2D eigenvalue weighted by molar-refractivity contribution is 14.1. The van der Waals surface area contributed by atoms with E-state index in [-0.39, 0.29) is 0 Å². The summed E-state index contributed by atoms with van der Waals surface area (Å²) in [5.74, 6) is -56.2. The van der Waals surface area contributed by atoms with Crippen molar-refractivity contribution >= 4 is 30.7 Å². The maximum atomic E-state index is 13.7. The van der Waals surface area contributed by atoms with Crippen molar-refractivity contribution < 1.29 is 74.6 Å². The zero-order chi connectivity index (χ0) is 26.8. The summed E-state index contributed by atoms with van der Waals surface area (Å²) >= 11 is 0.896. The van der Waals surface area contributed by atoms with Crippen molar-refractivity contribution in [1.82, 2.24) is 0 Å². The average molecular weight is 644 g/mol. The van der Waals surface area contributed by atoms with E-state index in [2.05, 4.69) is 0 Å². The Balaban J connectivity index is 6.86. The molecule has 0 bridgehead atoms. The Kier molecular flexibility index (Phi) is 7.90. The summed E-state index contributed by atoms with van der Waals surface area (Å²) in [5, 5.41) is 0. The number of rotatable bonds is 8. The van der Waals surface area contributed by atoms with E-state index in [1.54, 1.807) is 0 Å². The van der Waals surface area contributed by atoms with Crippen LogP contribution < -0.4 is 0 Å². The minimum atomic E-state index is -8.60. The highest BCUT2D eigenvalue weighted by Crippen LogP contribution is 2.64. The monoisotopic (exact) mass is 644 g/mol. The molecule has 0 spiro atoms. The van der Waals surface area contributed by atoms with Crippen LogP contribution in [0.1, 0.15) is 0 Å². The fourth-order valence-electron chi connectivity index (χ4n) is 1.64. The summed E-state index contributed by atoms with van der Waals surface area (Å²) in [6.45, 7) is 3.42. The third-order valence-electron chi connectivity index (χ3n) is 3.77. The van der Waals surface area contributed by atoms with Crippen LogP contribution in [-0.4, -0.2) is 55.7 Å². The highest BCUT2D eigenvalue weighted by atomic mass is 127. The quantitative estimate of drug-likeness (QED) is 0.142. The van der Waals surface area contributed by atoms with Gasteiger partial charge < -0.3 is 0 Å². The van der Waals surface area contributed by atoms with Crippen LogP contribution in [0.5, 0.6) is 0 Å². The van der Waals surface area contributed by atoms with Crippen LogP contribution in [0.3, 0.4) is 0 Å². The fourth-order valence-corrected chi connectivity index (χ4v) is 2.65. The Morgan fingerprint density at radius 2 is 0.750 bits per heavy atom. The van der Waals surface area contributed by atoms with E-state index in [4.69, 9.17) is 0 Å². The molecule has 0 heterocycles. The molecule has 0 saturated heterocycles. The second-order valence-electron chi connectivity index (χ2n) is 7.31. The minimum Gasteiger partial charge on any atom is -0.195 e. The summed E-state index contributed by atoms with van der Waals surface area (Å²) in [4.78, 5) is 0. The Bertz CT molecular complexity index is 728. The van der Waals surface area contributed by atoms with Gasteiger partial charge in [-0.1, -0.05) is 42.2 Å². The van der Waals surface area contributed by atoms with Crippen molar-refractivity contribution in [1.29, 1.82) is 0 Å². The van der Waals surface area contributed by atoms with E-state index in [1.165, 1.54) is 0 Å². The molecule has 0 amide bonds. The molecule has 0 N–H and O–H groups in total. The summed E-state index contributed by atoms with van der Waals surface area (Å²) in [7, 11) is -3.06. The SMILES string of the molecule is C[Si](C)(C)/C(I)=C\C(F)(F)C(F)(F)C(F)(F)C(F)(F)C(F)(F)C(F)(F)C(F)(F)C(F)(F)F. The van der Waals surface area contributed by atoms with Crippen LogP contribution in [0, 0.1) is 0 Å². The first-order valence-corrected chi connectivity index (χ1v) is 12.1. The van der Waals surface area contributed by atoms with Gasteiger partial charge >= 0.3 is 47.6 Å². The summed E-state index contributed by atoms with van der Waals surface area (Å²) in [6, 6.07) is 0. The Morgan fingerprint density at radius 3 is 1.00 bits per heavy atom. The molecule has 0 aliphatic heterocycles. The lowest BCUT2D eigenvalue weighted by molar-refractivity contribution is -0.459. The van der Waals surface area contributed by atoms with Gasteiger partial charge in [-0.25, -0.2) is 0 Å². The van der Waals surface area contributed by atoms with Crippen molar-refractivity contribution in [2.24, 2.45) is 0 Å². The first kappa shape index (κ1) is 31.5. The third-order valence-corrected chi connectivity index (χ3v) is 10.5. The molecule has 32 heavy (non-hydrogen) atoms. The summed E-state index contributed by atoms with van der Waals surface area (Å²) in [5.41, 5.74) is 0. The van der Waals surface area contributed by atoms with E-state index < -0.39 is 65.0 Å². The molecule has 19 heteroatoms. The van der Waals surface area contributed by atoms with Gasteiger partial charge in [-0.3, -0.25) is 0 Å². The Labute approximate surface area is 182 Å². The zero-order valence-corrected chi connectivity index (χ0v) is 18.5. The number of hydrogen-bond acceptors (Lipinski definition) is 0. The number of allylic oxidation sites excluding steroid dienone is 1. The van der Waals surface area contributed by atoms with Crippen LogP contribution in [0.15, 0.2) is 9.28 Å². The van der Waals surface area contributed by atoms with Crippen molar-refractivity contribution in [2.45, 2.75) is 67.3 Å². The number of halogens is 18. The van der Waals surface area contributed by atoms with Crippen LogP contribution in [-0.2, 0) is 0 Å². The maximum absolute atomic E-state index is 13.7. The number of alkyl halides is 17. The second kappa shape index (κ2) is 8.03. The molecule has 0 unspecified atom stereocenters. The summed E-state index contributed by atoms with van der Waals surface area (Å²) < 4.78 is 222. The van der Waals surface area contributed by atoms with Gasteiger partial charge in [0.1, 0.15) is 0 Å². The molecule has 0 saturated carbocycles. The van der Waals surface area contributed by atoms with Crippen LogP contribution >= 0.6 is 22.6 Å². The van der Waals surface area contributed by atoms with Gasteiger partial charge in [0, 0.05) is 0 Å². The molecule has 0 aromatic carbocycles. The third kappa shape index (κ3) is 4.43. The van der Waals surface area contributed by atoms with Crippen molar-refractivity contribution in [3.8, 4) is 0 Å². The predicted molar refractivity (Wildman–Crippen MR) is 86.1 cm³/mol. The standard InChI is InChI=1S/C13H10F17ISi/c1-32(2,3)5(31)4-6(14,15)7(16,17)8(18,19)9(20,21)10(22,23)11(24,25)12(26,27)13(28,29)30/h4H,1-3H3/b5-4-. The van der Waals surface area contributed by atoms with Crippen molar-refractivity contribution in [3.63, 3.8) is 0 Å². The van der Waals surface area contributed by atoms with Gasteiger partial charge in [0.05, 0.1) is 8.07 Å². The smallest absolute Gasteiger partial charge is 0.195 e. The van der Waals surface area contributed by atoms with Gasteiger partial charge in [-0.05, 0) is 9.28 Å². The fraction of sp³-hybridized carbons (Fsp3) is 0.846. The molecule has 0 aliphatic carbocycles. The van der Waals surface area contributed by atoms with Gasteiger partial charge in [0.25, 0.3) is 0 Å². The van der Waals surface area contributed by atoms with E-state index in [9.17, 15) is 74.6 Å². The van der Waals surface area contributed by atoms with Gasteiger partial charge in [0.15, 0.2) is 0 Å². The summed E-state index contributed by atoms with van der Waals surface area (Å²) in [6.07, 6.45) is -8.79. The molecule has 0 aromatic heterocycles. The first-order chi connectivity index (χ1) is 13.4. The maximum Gasteiger partial charge on any atom is 0.460 e. The van der Waals surface area contributed by atoms with E-state index in [0.29, 0.717) is 0 Å². The zero-order valence-electron chi connectivity index (χ0n) is 15.4. The largest absolute Gasteiger partial charge is 0.460 e. The molecular formula is C13H10F17ISi. The Hall–Kier alpha value is -0.503. The molecule has 0 nitrogen and oxygen atoms in total. The first-order valence-electron chi connectivity index (χ1n) is 7.48. The molecule has 0 aromatic rings. The second-order valence-corrected chi connectivity index (χ2v) is 14.5. The lowest BCUT2D eigenvalue weighted by Gasteiger charge is -2.42. The molecule has 0 aliphatic rings. The predicted octanol–water partition coefficient (Wildman–Crippen LogP) is 8.19. The van der Waals surface area contributed by atoms with E-state index >= 15 is 0 Å². The Morgan fingerprint density at radius 1 is 0.500 bits per heavy atom. The molecule has 0 atom stereocenters. The molecule has 0 rings (SSSR count). The molecular weight excluding hydrogens is 634 g/mol. The van der Waals surface area contributed by atoms with Crippen molar-refractivity contribution in [2.75, 3.05) is 0 Å². The van der Waals surface area contributed by atoms with Gasteiger partial charge in [-0.2, -0.15) is 74.6 Å². The van der Waals surface area contributed by atoms with Crippen LogP contribution in [0.25, 0.3) is 0 Å². The average Bonchev–Trinajstić information content (AvgIpc) is 2.51. The topological polar surface area (TPSA) is 0 Å². The molecule has 192 valence electrons. The molecule has 0 radical (unpaired) electrons. The lowest BCUT2D eigenvalue weighted by Crippen LogP contribution is -2.74. The highest BCUT2D eigenvalue weighted by Gasteiger charge is 2.95. The number of hydrogen-bond donors (Lipinski definition) is 0. The minimum absolute atomic E-state index is 0.820. The van der Waals surface area contributed by atoms with Gasteiger partial charge in [0.2, 0.25) is 0 Å². The lowest BCUT2D eigenvalue weighted by atomic mass is 9.89. The van der Waals surface area contributed by atoms with E-state index in [0.717, 1.165) is 42.2 Å². The van der Waals surface area contributed by atoms with Crippen LogP contribution in [0.4, 0.5) is 74.6 Å². The van der Waals surface area contributed by atoms with Gasteiger partial charge in [-0.15, -0.1) is 0 Å². The van der Waals surface area contributed by atoms with Crippen LogP contribution in [0.2, 0.25) is 19.6 Å². The molecule has 0 fully saturated rings. The normalized spacial score (nSPS) is 17.1.